The quantitative estimate of drug-likeness (QED) is 0.199. The molecular weight excluding hydrogens is 492 g/mol. The normalized spacial score (nSPS) is 14.8. The van der Waals surface area contributed by atoms with Crippen molar-refractivity contribution in [2.75, 3.05) is 0 Å². The SMILES string of the molecule is CCC(C)C(N)C(=O)NC(Cc1ccc(O)cc1)C(=O)NC(Cc1ccc(O)cc1)C(=O)NC(C)C(=O)O. The highest BCUT2D eigenvalue weighted by molar-refractivity contribution is 5.94. The van der Waals surface area contributed by atoms with E-state index in [4.69, 9.17) is 5.73 Å². The monoisotopic (exact) mass is 528 g/mol. The van der Waals surface area contributed by atoms with Crippen LogP contribution >= 0.6 is 0 Å². The molecule has 0 fully saturated rings. The maximum Gasteiger partial charge on any atom is 0.325 e. The van der Waals surface area contributed by atoms with Crippen LogP contribution in [0, 0.1) is 5.92 Å². The highest BCUT2D eigenvalue weighted by Gasteiger charge is 2.30. The molecule has 5 atom stereocenters. The molecule has 2 aromatic carbocycles. The molecule has 0 aliphatic carbocycles. The molecular formula is C27H36N4O7. The number of aromatic hydroxyl groups is 2. The molecule has 0 heterocycles. The Morgan fingerprint density at radius 2 is 1.13 bits per heavy atom. The van der Waals surface area contributed by atoms with Gasteiger partial charge in [0.25, 0.3) is 0 Å². The number of phenolic OH excluding ortho intramolecular Hbond substituents is 2. The fourth-order valence-corrected chi connectivity index (χ4v) is 3.58. The van der Waals surface area contributed by atoms with E-state index in [0.29, 0.717) is 17.5 Å². The summed E-state index contributed by atoms with van der Waals surface area (Å²) in [6, 6.07) is 7.74. The van der Waals surface area contributed by atoms with Gasteiger partial charge >= 0.3 is 5.97 Å². The Morgan fingerprint density at radius 3 is 1.53 bits per heavy atom. The molecule has 2 rings (SSSR count). The van der Waals surface area contributed by atoms with Crippen LogP contribution in [0.5, 0.6) is 11.5 Å². The minimum Gasteiger partial charge on any atom is -0.508 e. The first-order valence-electron chi connectivity index (χ1n) is 12.4. The van der Waals surface area contributed by atoms with Gasteiger partial charge in [0, 0.05) is 12.8 Å². The van der Waals surface area contributed by atoms with Gasteiger partial charge in [-0.3, -0.25) is 19.2 Å². The molecule has 0 aliphatic heterocycles. The number of rotatable bonds is 13. The van der Waals surface area contributed by atoms with Crippen LogP contribution < -0.4 is 21.7 Å². The van der Waals surface area contributed by atoms with Gasteiger partial charge in [0.05, 0.1) is 6.04 Å². The standard InChI is InChI=1S/C27H36N4O7/c1-4-15(2)23(28)26(36)31-22(14-18-7-11-20(33)12-8-18)25(35)30-21(24(34)29-16(3)27(37)38)13-17-5-9-19(32)10-6-17/h5-12,15-16,21-23,32-33H,4,13-14,28H2,1-3H3,(H,29,34)(H,30,35)(H,31,36)(H,37,38). The third-order valence-electron chi connectivity index (χ3n) is 6.31. The molecule has 8 N–H and O–H groups in total. The summed E-state index contributed by atoms with van der Waals surface area (Å²) in [6.45, 7) is 5.01. The van der Waals surface area contributed by atoms with E-state index in [1.807, 2.05) is 13.8 Å². The second kappa shape index (κ2) is 14.0. The van der Waals surface area contributed by atoms with Gasteiger partial charge in [0.15, 0.2) is 0 Å². The van der Waals surface area contributed by atoms with E-state index in [1.54, 1.807) is 24.3 Å². The third kappa shape index (κ3) is 9.07. The number of carboxylic acid groups (broad SMARTS) is 1. The molecule has 0 bridgehead atoms. The molecule has 0 saturated heterocycles. The Morgan fingerprint density at radius 1 is 0.737 bits per heavy atom. The summed E-state index contributed by atoms with van der Waals surface area (Å²) in [5.74, 6) is -3.26. The lowest BCUT2D eigenvalue weighted by Crippen LogP contribution is -2.58. The largest absolute Gasteiger partial charge is 0.508 e. The van der Waals surface area contributed by atoms with Gasteiger partial charge < -0.3 is 37.0 Å². The average Bonchev–Trinajstić information content (AvgIpc) is 2.89. The highest BCUT2D eigenvalue weighted by atomic mass is 16.4. The van der Waals surface area contributed by atoms with Crippen molar-refractivity contribution in [3.8, 4) is 11.5 Å². The second-order valence-electron chi connectivity index (χ2n) is 9.34. The first-order valence-corrected chi connectivity index (χ1v) is 12.4. The molecule has 0 radical (unpaired) electrons. The molecule has 5 unspecified atom stereocenters. The number of phenols is 2. The number of carbonyl (C=O) groups is 4. The van der Waals surface area contributed by atoms with E-state index in [0.717, 1.165) is 0 Å². The van der Waals surface area contributed by atoms with E-state index < -0.39 is 47.9 Å². The zero-order valence-corrected chi connectivity index (χ0v) is 21.7. The number of nitrogens with one attached hydrogen (secondary N) is 3. The Bertz CT molecular complexity index is 1110. The number of aliphatic carboxylic acids is 1. The van der Waals surface area contributed by atoms with E-state index in [2.05, 4.69) is 16.0 Å². The van der Waals surface area contributed by atoms with Crippen LogP contribution in [0.3, 0.4) is 0 Å². The van der Waals surface area contributed by atoms with Crippen molar-refractivity contribution in [1.82, 2.24) is 16.0 Å². The third-order valence-corrected chi connectivity index (χ3v) is 6.31. The fourth-order valence-electron chi connectivity index (χ4n) is 3.58. The van der Waals surface area contributed by atoms with Gasteiger partial charge in [0.2, 0.25) is 17.7 Å². The summed E-state index contributed by atoms with van der Waals surface area (Å²) in [5, 5.41) is 36.0. The lowest BCUT2D eigenvalue weighted by Gasteiger charge is -2.26. The maximum atomic E-state index is 13.4. The molecule has 11 heteroatoms. The highest BCUT2D eigenvalue weighted by Crippen LogP contribution is 2.14. The van der Waals surface area contributed by atoms with Gasteiger partial charge in [-0.05, 0) is 48.2 Å². The van der Waals surface area contributed by atoms with Crippen molar-refractivity contribution in [3.05, 3.63) is 59.7 Å². The molecule has 11 nitrogen and oxygen atoms in total. The predicted octanol–water partition coefficient (Wildman–Crippen LogP) is 0.815. The van der Waals surface area contributed by atoms with Gasteiger partial charge in [-0.2, -0.15) is 0 Å². The van der Waals surface area contributed by atoms with Crippen LogP contribution in [0.1, 0.15) is 38.3 Å². The molecule has 206 valence electrons. The maximum absolute atomic E-state index is 13.4. The van der Waals surface area contributed by atoms with E-state index >= 15 is 0 Å². The number of carbonyl (C=O) groups excluding carboxylic acids is 3. The smallest absolute Gasteiger partial charge is 0.325 e. The van der Waals surface area contributed by atoms with Gasteiger partial charge in [-0.1, -0.05) is 44.5 Å². The number of hydrogen-bond acceptors (Lipinski definition) is 7. The Labute approximate surface area is 221 Å². The summed E-state index contributed by atoms with van der Waals surface area (Å²) in [6.07, 6.45) is 0.695. The first kappa shape index (κ1) is 30.1. The average molecular weight is 529 g/mol. The minimum absolute atomic E-state index is 0.00352. The summed E-state index contributed by atoms with van der Waals surface area (Å²) in [7, 11) is 0. The fraction of sp³-hybridized carbons (Fsp3) is 0.407. The van der Waals surface area contributed by atoms with E-state index in [-0.39, 0.29) is 30.3 Å². The van der Waals surface area contributed by atoms with E-state index in [9.17, 15) is 34.5 Å². The molecule has 0 saturated carbocycles. The zero-order chi connectivity index (χ0) is 28.4. The van der Waals surface area contributed by atoms with Gasteiger partial charge in [0.1, 0.15) is 29.6 Å². The predicted molar refractivity (Wildman–Crippen MR) is 140 cm³/mol. The zero-order valence-electron chi connectivity index (χ0n) is 21.7. The lowest BCUT2D eigenvalue weighted by atomic mass is 9.98. The number of nitrogens with two attached hydrogens (primary N) is 1. The summed E-state index contributed by atoms with van der Waals surface area (Å²) >= 11 is 0. The second-order valence-corrected chi connectivity index (χ2v) is 9.34. The number of amides is 3. The van der Waals surface area contributed by atoms with Crippen molar-refractivity contribution < 1.29 is 34.5 Å². The molecule has 3 amide bonds. The van der Waals surface area contributed by atoms with Crippen LogP contribution in [0.25, 0.3) is 0 Å². The molecule has 0 spiro atoms. The van der Waals surface area contributed by atoms with Gasteiger partial charge in [-0.25, -0.2) is 0 Å². The van der Waals surface area contributed by atoms with Crippen LogP contribution in [0.4, 0.5) is 0 Å². The van der Waals surface area contributed by atoms with Crippen LogP contribution in [0.2, 0.25) is 0 Å². The first-order chi connectivity index (χ1) is 17.9. The molecule has 38 heavy (non-hydrogen) atoms. The van der Waals surface area contributed by atoms with Crippen molar-refractivity contribution in [3.63, 3.8) is 0 Å². The van der Waals surface area contributed by atoms with Crippen LogP contribution in [-0.2, 0) is 32.0 Å². The number of carboxylic acids is 1. The van der Waals surface area contributed by atoms with Crippen molar-refractivity contribution >= 4 is 23.7 Å². The summed E-state index contributed by atoms with van der Waals surface area (Å²) in [5.41, 5.74) is 7.30. The van der Waals surface area contributed by atoms with Crippen molar-refractivity contribution in [1.29, 1.82) is 0 Å². The van der Waals surface area contributed by atoms with Crippen molar-refractivity contribution in [2.24, 2.45) is 11.7 Å². The topological polar surface area (TPSA) is 191 Å². The summed E-state index contributed by atoms with van der Waals surface area (Å²) in [4.78, 5) is 50.5. The van der Waals surface area contributed by atoms with E-state index in [1.165, 1.54) is 31.2 Å². The Kier molecular flexibility index (Phi) is 11.1. The molecule has 0 aliphatic rings. The molecule has 0 aromatic heterocycles. The Balaban J connectivity index is 2.31. The molecule has 2 aromatic rings. The summed E-state index contributed by atoms with van der Waals surface area (Å²) < 4.78 is 0. The van der Waals surface area contributed by atoms with Gasteiger partial charge in [-0.15, -0.1) is 0 Å². The lowest BCUT2D eigenvalue weighted by molar-refractivity contribution is -0.141. The number of benzene rings is 2. The van der Waals surface area contributed by atoms with Crippen molar-refractivity contribution in [2.45, 2.75) is 64.2 Å². The van der Waals surface area contributed by atoms with Crippen LogP contribution in [0.15, 0.2) is 48.5 Å². The van der Waals surface area contributed by atoms with Crippen LogP contribution in [-0.4, -0.2) is 63.2 Å². The minimum atomic E-state index is -1.25. The number of hydrogen-bond donors (Lipinski definition) is 7. The Hall–Kier alpha value is -4.12.